The van der Waals surface area contributed by atoms with Crippen LogP contribution in [0.25, 0.3) is 0 Å². The minimum atomic E-state index is -0.563. The number of carbonyl (C=O) groups is 1. The molecule has 19 heavy (non-hydrogen) atoms. The van der Waals surface area contributed by atoms with Crippen LogP contribution in [0.5, 0.6) is 0 Å². The standard InChI is InChI=1S/C12H16ClN3O3/c1-3-6-14-12(17)8(2)15-10-5-4-9(13)7-11(10)16(18)19/h4-5,7-8,15H,3,6H2,1-2H3,(H,14,17). The molecule has 0 aromatic heterocycles. The molecule has 1 unspecified atom stereocenters. The number of nitrogens with one attached hydrogen (secondary N) is 2. The summed E-state index contributed by atoms with van der Waals surface area (Å²) in [6.07, 6.45) is 0.833. The van der Waals surface area contributed by atoms with Crippen molar-refractivity contribution < 1.29 is 9.72 Å². The second-order valence-corrected chi connectivity index (χ2v) is 4.51. The van der Waals surface area contributed by atoms with Crippen molar-refractivity contribution >= 4 is 28.9 Å². The highest BCUT2D eigenvalue weighted by molar-refractivity contribution is 6.30. The van der Waals surface area contributed by atoms with E-state index in [9.17, 15) is 14.9 Å². The fourth-order valence-corrected chi connectivity index (χ4v) is 1.64. The number of nitro benzene ring substituents is 1. The average molecular weight is 286 g/mol. The van der Waals surface area contributed by atoms with Crippen LogP contribution in [0, 0.1) is 10.1 Å². The van der Waals surface area contributed by atoms with Gasteiger partial charge >= 0.3 is 0 Å². The second kappa shape index (κ2) is 6.94. The second-order valence-electron chi connectivity index (χ2n) is 4.08. The number of amides is 1. The molecule has 1 aromatic rings. The van der Waals surface area contributed by atoms with E-state index in [0.29, 0.717) is 6.54 Å². The molecule has 7 heteroatoms. The zero-order valence-corrected chi connectivity index (χ0v) is 11.5. The smallest absolute Gasteiger partial charge is 0.293 e. The van der Waals surface area contributed by atoms with Crippen LogP contribution in [0.4, 0.5) is 11.4 Å². The molecule has 0 bridgehead atoms. The van der Waals surface area contributed by atoms with Gasteiger partial charge in [0.05, 0.1) is 4.92 Å². The monoisotopic (exact) mass is 285 g/mol. The predicted octanol–water partition coefficient (Wildman–Crippen LogP) is 2.57. The largest absolute Gasteiger partial charge is 0.368 e. The molecule has 0 fully saturated rings. The third-order valence-corrected chi connectivity index (χ3v) is 2.71. The molecule has 1 rings (SSSR count). The van der Waals surface area contributed by atoms with E-state index in [4.69, 9.17) is 11.6 Å². The normalized spacial score (nSPS) is 11.7. The van der Waals surface area contributed by atoms with E-state index in [1.54, 1.807) is 6.92 Å². The fourth-order valence-electron chi connectivity index (χ4n) is 1.48. The maximum Gasteiger partial charge on any atom is 0.293 e. The number of rotatable bonds is 6. The summed E-state index contributed by atoms with van der Waals surface area (Å²) in [4.78, 5) is 22.1. The first-order valence-corrected chi connectivity index (χ1v) is 6.31. The first kappa shape index (κ1) is 15.2. The number of hydrogen-bond donors (Lipinski definition) is 2. The van der Waals surface area contributed by atoms with Crippen molar-refractivity contribution in [1.29, 1.82) is 0 Å². The molecule has 0 saturated carbocycles. The van der Waals surface area contributed by atoms with Gasteiger partial charge < -0.3 is 10.6 Å². The Bertz CT molecular complexity index is 479. The molecule has 6 nitrogen and oxygen atoms in total. The van der Waals surface area contributed by atoms with Gasteiger partial charge in [0.25, 0.3) is 5.69 Å². The van der Waals surface area contributed by atoms with E-state index < -0.39 is 11.0 Å². The first-order valence-electron chi connectivity index (χ1n) is 5.94. The van der Waals surface area contributed by atoms with Crippen LogP contribution in [-0.4, -0.2) is 23.4 Å². The highest BCUT2D eigenvalue weighted by Gasteiger charge is 2.19. The number of carbonyl (C=O) groups excluding carboxylic acids is 1. The lowest BCUT2D eigenvalue weighted by Crippen LogP contribution is -2.37. The molecule has 0 aliphatic heterocycles. The molecule has 1 aromatic carbocycles. The Morgan fingerprint density at radius 2 is 2.21 bits per heavy atom. The Kier molecular flexibility index (Phi) is 5.57. The Hall–Kier alpha value is -1.82. The first-order chi connectivity index (χ1) is 8.95. The summed E-state index contributed by atoms with van der Waals surface area (Å²) >= 11 is 5.72. The van der Waals surface area contributed by atoms with Gasteiger partial charge in [-0.05, 0) is 25.5 Å². The molecule has 0 aliphatic rings. The van der Waals surface area contributed by atoms with Gasteiger partial charge in [0.1, 0.15) is 11.7 Å². The van der Waals surface area contributed by atoms with Gasteiger partial charge in [-0.2, -0.15) is 0 Å². The van der Waals surface area contributed by atoms with Gasteiger partial charge in [-0.3, -0.25) is 14.9 Å². The number of halogens is 1. The zero-order chi connectivity index (χ0) is 14.4. The van der Waals surface area contributed by atoms with E-state index in [1.165, 1.54) is 18.2 Å². The third-order valence-electron chi connectivity index (χ3n) is 2.47. The van der Waals surface area contributed by atoms with Gasteiger partial charge in [-0.25, -0.2) is 0 Å². The number of benzene rings is 1. The summed E-state index contributed by atoms with van der Waals surface area (Å²) in [6.45, 7) is 4.17. The number of nitrogens with zero attached hydrogens (tertiary/aromatic N) is 1. The Labute approximate surface area is 116 Å². The van der Waals surface area contributed by atoms with Crippen molar-refractivity contribution in [3.63, 3.8) is 0 Å². The lowest BCUT2D eigenvalue weighted by atomic mass is 10.2. The predicted molar refractivity (Wildman–Crippen MR) is 74.5 cm³/mol. The summed E-state index contributed by atoms with van der Waals surface area (Å²) in [7, 11) is 0. The van der Waals surface area contributed by atoms with Crippen molar-refractivity contribution in [3.8, 4) is 0 Å². The number of nitro groups is 1. The molecular weight excluding hydrogens is 270 g/mol. The Balaban J connectivity index is 2.81. The summed E-state index contributed by atoms with van der Waals surface area (Å²) < 4.78 is 0. The molecule has 0 spiro atoms. The van der Waals surface area contributed by atoms with Crippen LogP contribution < -0.4 is 10.6 Å². The van der Waals surface area contributed by atoms with Gasteiger partial charge in [0, 0.05) is 17.6 Å². The Morgan fingerprint density at radius 3 is 2.79 bits per heavy atom. The van der Waals surface area contributed by atoms with Gasteiger partial charge in [0.15, 0.2) is 0 Å². The van der Waals surface area contributed by atoms with E-state index >= 15 is 0 Å². The van der Waals surface area contributed by atoms with Crippen LogP contribution in [0.2, 0.25) is 5.02 Å². The number of hydrogen-bond acceptors (Lipinski definition) is 4. The maximum absolute atomic E-state index is 11.7. The van der Waals surface area contributed by atoms with E-state index in [2.05, 4.69) is 10.6 Å². The van der Waals surface area contributed by atoms with Gasteiger partial charge in [-0.1, -0.05) is 18.5 Å². The molecular formula is C12H16ClN3O3. The molecule has 1 atom stereocenters. The van der Waals surface area contributed by atoms with Crippen LogP contribution in [0.3, 0.4) is 0 Å². The molecule has 0 heterocycles. The van der Waals surface area contributed by atoms with Crippen LogP contribution in [-0.2, 0) is 4.79 Å². The lowest BCUT2D eigenvalue weighted by Gasteiger charge is -2.15. The van der Waals surface area contributed by atoms with Crippen LogP contribution in [0.15, 0.2) is 18.2 Å². The zero-order valence-electron chi connectivity index (χ0n) is 10.8. The van der Waals surface area contributed by atoms with E-state index in [1.807, 2.05) is 6.92 Å². The van der Waals surface area contributed by atoms with Crippen molar-refractivity contribution in [2.45, 2.75) is 26.3 Å². The summed E-state index contributed by atoms with van der Waals surface area (Å²) in [5, 5.41) is 16.7. The summed E-state index contributed by atoms with van der Waals surface area (Å²) in [5.41, 5.74) is 0.121. The Morgan fingerprint density at radius 1 is 1.53 bits per heavy atom. The molecule has 0 radical (unpaired) electrons. The maximum atomic E-state index is 11.7. The third kappa shape index (κ3) is 4.40. The quantitative estimate of drug-likeness (QED) is 0.621. The lowest BCUT2D eigenvalue weighted by molar-refractivity contribution is -0.384. The highest BCUT2D eigenvalue weighted by atomic mass is 35.5. The van der Waals surface area contributed by atoms with Crippen molar-refractivity contribution in [1.82, 2.24) is 5.32 Å². The SMILES string of the molecule is CCCNC(=O)C(C)Nc1ccc(Cl)cc1[N+](=O)[O-]. The van der Waals surface area contributed by atoms with Gasteiger partial charge in [0.2, 0.25) is 5.91 Å². The minimum Gasteiger partial charge on any atom is -0.368 e. The van der Waals surface area contributed by atoms with Crippen LogP contribution in [0.1, 0.15) is 20.3 Å². The molecule has 0 saturated heterocycles. The van der Waals surface area contributed by atoms with Gasteiger partial charge in [-0.15, -0.1) is 0 Å². The fraction of sp³-hybridized carbons (Fsp3) is 0.417. The topological polar surface area (TPSA) is 84.3 Å². The average Bonchev–Trinajstić information content (AvgIpc) is 2.37. The summed E-state index contributed by atoms with van der Waals surface area (Å²) in [6, 6.07) is 3.71. The van der Waals surface area contributed by atoms with E-state index in [0.717, 1.165) is 6.42 Å². The highest BCUT2D eigenvalue weighted by Crippen LogP contribution is 2.28. The van der Waals surface area contributed by atoms with Crippen LogP contribution >= 0.6 is 11.6 Å². The minimum absolute atomic E-state index is 0.150. The molecule has 104 valence electrons. The summed E-state index contributed by atoms with van der Waals surface area (Å²) in [5.74, 6) is -0.203. The molecule has 1 amide bonds. The van der Waals surface area contributed by atoms with E-state index in [-0.39, 0.29) is 22.3 Å². The molecule has 0 aliphatic carbocycles. The van der Waals surface area contributed by atoms with Crippen molar-refractivity contribution in [3.05, 3.63) is 33.3 Å². The van der Waals surface area contributed by atoms with Crippen molar-refractivity contribution in [2.24, 2.45) is 0 Å². The molecule has 2 N–H and O–H groups in total. The number of anilines is 1. The van der Waals surface area contributed by atoms with Crippen molar-refractivity contribution in [2.75, 3.05) is 11.9 Å².